The van der Waals surface area contributed by atoms with E-state index in [1.54, 1.807) is 12.1 Å². The number of benzene rings is 1. The van der Waals surface area contributed by atoms with E-state index in [0.29, 0.717) is 31.4 Å². The number of pyridine rings is 1. The van der Waals surface area contributed by atoms with E-state index in [-0.39, 0.29) is 37.8 Å². The summed E-state index contributed by atoms with van der Waals surface area (Å²) in [5.74, 6) is -6.43. The Morgan fingerprint density at radius 2 is 1.37 bits per heavy atom. The zero-order chi connectivity index (χ0) is 42.5. The first-order valence-electron chi connectivity index (χ1n) is 18.0. The number of hydrogen-bond donors (Lipinski definition) is 11. The van der Waals surface area contributed by atoms with Gasteiger partial charge in [-0.3, -0.25) is 48.7 Å². The number of phenolic OH excluding ortho intramolecular Hbond substituents is 1. The SMILES string of the molecule is CC(=O)N[C@@H](CO)C(=O)N[C@@H](CCCCN)C(=O)NCC(=O)N[C@@H](Cc1cccnc1)C(=O)N[C@@H](Cc1ccc(O)c([N+](=O)[O-])c1)C(=O)N[C@@H](CCCN)C(N)=O. The summed E-state index contributed by atoms with van der Waals surface area (Å²) in [6.07, 6.45) is 3.75. The van der Waals surface area contributed by atoms with Gasteiger partial charge < -0.3 is 59.3 Å². The van der Waals surface area contributed by atoms with Crippen LogP contribution in [-0.4, -0.2) is 118 Å². The van der Waals surface area contributed by atoms with Crippen LogP contribution in [0.3, 0.4) is 0 Å². The molecule has 1 aromatic heterocycles. The second kappa shape index (κ2) is 24.3. The molecule has 0 aliphatic heterocycles. The van der Waals surface area contributed by atoms with Crippen LogP contribution in [0.2, 0.25) is 0 Å². The van der Waals surface area contributed by atoms with Gasteiger partial charge in [0.15, 0.2) is 5.75 Å². The van der Waals surface area contributed by atoms with Gasteiger partial charge >= 0.3 is 5.69 Å². The maximum atomic E-state index is 13.9. The van der Waals surface area contributed by atoms with Crippen LogP contribution in [0.15, 0.2) is 42.7 Å². The van der Waals surface area contributed by atoms with Crippen LogP contribution in [0.5, 0.6) is 5.75 Å². The van der Waals surface area contributed by atoms with E-state index in [9.17, 15) is 53.9 Å². The molecule has 0 unspecified atom stereocenters. The van der Waals surface area contributed by atoms with E-state index < -0.39 is 101 Å². The molecule has 0 aliphatic rings. The van der Waals surface area contributed by atoms with Gasteiger partial charge in [0.05, 0.1) is 18.1 Å². The van der Waals surface area contributed by atoms with Crippen molar-refractivity contribution in [2.45, 2.75) is 82.1 Å². The predicted molar refractivity (Wildman–Crippen MR) is 202 cm³/mol. The van der Waals surface area contributed by atoms with Gasteiger partial charge in [-0.25, -0.2) is 0 Å². The molecule has 0 spiro atoms. The molecule has 14 N–H and O–H groups in total. The van der Waals surface area contributed by atoms with Crippen LogP contribution in [0, 0.1) is 10.1 Å². The second-order valence-electron chi connectivity index (χ2n) is 12.9. The van der Waals surface area contributed by atoms with Gasteiger partial charge in [0.25, 0.3) is 0 Å². The number of carbonyl (C=O) groups is 7. The molecule has 1 heterocycles. The average Bonchev–Trinajstić information content (AvgIpc) is 3.17. The Labute approximate surface area is 327 Å². The van der Waals surface area contributed by atoms with Gasteiger partial charge in [-0.05, 0) is 68.5 Å². The Balaban J connectivity index is 2.35. The smallest absolute Gasteiger partial charge is 0.310 e. The van der Waals surface area contributed by atoms with E-state index in [4.69, 9.17) is 17.2 Å². The quantitative estimate of drug-likeness (QED) is 0.0263. The highest BCUT2D eigenvalue weighted by molar-refractivity contribution is 5.96. The summed E-state index contributed by atoms with van der Waals surface area (Å²) >= 11 is 0. The van der Waals surface area contributed by atoms with Crippen molar-refractivity contribution in [2.24, 2.45) is 17.2 Å². The highest BCUT2D eigenvalue weighted by Gasteiger charge is 2.31. The van der Waals surface area contributed by atoms with Crippen LogP contribution in [0.25, 0.3) is 0 Å². The topological polar surface area (TPSA) is 366 Å². The van der Waals surface area contributed by atoms with E-state index in [1.165, 1.54) is 18.5 Å². The van der Waals surface area contributed by atoms with Crippen molar-refractivity contribution in [2.75, 3.05) is 26.2 Å². The number of nitrogens with one attached hydrogen (secondary N) is 6. The number of hydrogen-bond acceptors (Lipinski definition) is 14. The van der Waals surface area contributed by atoms with Crippen molar-refractivity contribution in [3.63, 3.8) is 0 Å². The normalized spacial score (nSPS) is 13.4. The van der Waals surface area contributed by atoms with Crippen LogP contribution in [0.1, 0.15) is 50.2 Å². The molecule has 0 saturated carbocycles. The Kier molecular flexibility index (Phi) is 20.0. The molecule has 2 rings (SSSR count). The van der Waals surface area contributed by atoms with E-state index in [2.05, 4.69) is 36.9 Å². The number of nitro benzene ring substituents is 1. The fourth-order valence-electron chi connectivity index (χ4n) is 5.41. The minimum Gasteiger partial charge on any atom is -0.502 e. The molecule has 7 amide bonds. The number of aromatic hydroxyl groups is 1. The number of primary amides is 1. The maximum absolute atomic E-state index is 13.9. The monoisotopic (exact) mass is 801 g/mol. The Morgan fingerprint density at radius 3 is 1.95 bits per heavy atom. The molecule has 0 saturated heterocycles. The summed E-state index contributed by atoms with van der Waals surface area (Å²) < 4.78 is 0. The van der Waals surface area contributed by atoms with Gasteiger partial charge in [0.2, 0.25) is 41.4 Å². The molecule has 1 aromatic carbocycles. The molecule has 0 fully saturated rings. The molecule has 0 bridgehead atoms. The van der Waals surface area contributed by atoms with E-state index in [1.807, 2.05) is 0 Å². The number of phenols is 1. The van der Waals surface area contributed by atoms with E-state index in [0.717, 1.165) is 19.1 Å². The van der Waals surface area contributed by atoms with Crippen LogP contribution < -0.4 is 49.1 Å². The van der Waals surface area contributed by atoms with Gasteiger partial charge in [-0.1, -0.05) is 12.1 Å². The maximum Gasteiger partial charge on any atom is 0.310 e. The summed E-state index contributed by atoms with van der Waals surface area (Å²) in [4.78, 5) is 105. The number of aliphatic hydroxyl groups is 1. The number of aromatic nitrogens is 1. The first-order valence-corrected chi connectivity index (χ1v) is 18.0. The van der Waals surface area contributed by atoms with Crippen LogP contribution in [-0.2, 0) is 46.4 Å². The average molecular weight is 802 g/mol. The molecule has 0 aliphatic carbocycles. The first kappa shape index (κ1) is 46.9. The largest absolute Gasteiger partial charge is 0.502 e. The predicted octanol–water partition coefficient (Wildman–Crippen LogP) is -3.61. The lowest BCUT2D eigenvalue weighted by atomic mass is 10.0. The van der Waals surface area contributed by atoms with Crippen LogP contribution >= 0.6 is 0 Å². The molecule has 57 heavy (non-hydrogen) atoms. The number of rotatable bonds is 25. The summed E-state index contributed by atoms with van der Waals surface area (Å²) in [5, 5.41) is 45.6. The molecular weight excluding hydrogens is 750 g/mol. The summed E-state index contributed by atoms with van der Waals surface area (Å²) in [5.41, 5.74) is 16.5. The highest BCUT2D eigenvalue weighted by atomic mass is 16.6. The van der Waals surface area contributed by atoms with Crippen molar-refractivity contribution in [1.82, 2.24) is 36.9 Å². The van der Waals surface area contributed by atoms with Crippen molar-refractivity contribution in [3.8, 4) is 5.75 Å². The fraction of sp³-hybridized carbons (Fsp3) is 0.486. The number of aliphatic hydroxyl groups excluding tert-OH is 1. The fourth-order valence-corrected chi connectivity index (χ4v) is 5.41. The zero-order valence-electron chi connectivity index (χ0n) is 31.4. The molecule has 22 heteroatoms. The number of amides is 7. The number of nitrogens with two attached hydrogens (primary N) is 3. The van der Waals surface area contributed by atoms with Gasteiger partial charge in [0, 0.05) is 38.2 Å². The van der Waals surface area contributed by atoms with Gasteiger partial charge in [-0.15, -0.1) is 0 Å². The third-order valence-electron chi connectivity index (χ3n) is 8.36. The lowest BCUT2D eigenvalue weighted by Crippen LogP contribution is -2.58. The number of nitrogens with zero attached hydrogens (tertiary/aromatic N) is 2. The summed E-state index contributed by atoms with van der Waals surface area (Å²) in [6.45, 7) is 0.192. The van der Waals surface area contributed by atoms with Crippen LogP contribution in [0.4, 0.5) is 5.69 Å². The number of unbranched alkanes of at least 4 members (excludes halogenated alkanes) is 1. The third-order valence-corrected chi connectivity index (χ3v) is 8.36. The van der Waals surface area contributed by atoms with Crippen molar-refractivity contribution in [3.05, 3.63) is 64.0 Å². The van der Waals surface area contributed by atoms with Gasteiger partial charge in [0.1, 0.15) is 30.2 Å². The van der Waals surface area contributed by atoms with E-state index >= 15 is 0 Å². The Morgan fingerprint density at radius 1 is 0.772 bits per heavy atom. The third kappa shape index (κ3) is 16.6. The minimum atomic E-state index is -1.51. The molecule has 312 valence electrons. The molecule has 22 nitrogen and oxygen atoms in total. The van der Waals surface area contributed by atoms with Crippen molar-refractivity contribution < 1.29 is 48.7 Å². The first-order chi connectivity index (χ1) is 27.1. The number of carbonyl (C=O) groups excluding carboxylic acids is 7. The molecular formula is C35H51N11O11. The zero-order valence-corrected chi connectivity index (χ0v) is 31.4. The molecule has 5 atom stereocenters. The minimum absolute atomic E-state index is 0.0726. The molecule has 0 radical (unpaired) electrons. The van der Waals surface area contributed by atoms with Crippen molar-refractivity contribution >= 4 is 47.0 Å². The Bertz CT molecular complexity index is 1710. The lowest BCUT2D eigenvalue weighted by Gasteiger charge is -2.25. The lowest BCUT2D eigenvalue weighted by molar-refractivity contribution is -0.385. The van der Waals surface area contributed by atoms with Crippen molar-refractivity contribution in [1.29, 1.82) is 0 Å². The number of nitro groups is 1. The molecule has 2 aromatic rings. The highest BCUT2D eigenvalue weighted by Crippen LogP contribution is 2.27. The standard InChI is InChI=1S/C35H51N11O11/c1-20(48)41-27(19-47)35(55)44-24(7-2-3-11-36)32(52)40-18-30(50)42-25(15-22-6-5-13-39-17-22)33(53)45-26(34(54)43-23(31(38)51)8-4-12-37)14-21-9-10-29(49)28(16-21)46(56)57/h5-6,9-10,13,16-17,23-27,47,49H,2-4,7-8,11-12,14-15,18-19,36-37H2,1H3,(H2,38,51)(H,40,52)(H,41,48)(H,42,50)(H,43,54)(H,44,55)(H,45,53)/t23-,24-,25-,26-,27-/m0/s1. The summed E-state index contributed by atoms with van der Waals surface area (Å²) in [7, 11) is 0. The summed E-state index contributed by atoms with van der Waals surface area (Å²) in [6, 6.07) is -0.0987. The Hall–Kier alpha value is -6.26. The van der Waals surface area contributed by atoms with Gasteiger partial charge in [-0.2, -0.15) is 0 Å². The second-order valence-corrected chi connectivity index (χ2v) is 12.9.